The second-order valence-corrected chi connectivity index (χ2v) is 14.1. The zero-order valence-electron chi connectivity index (χ0n) is 16.6. The van der Waals surface area contributed by atoms with Gasteiger partial charge >= 0.3 is 0 Å². The van der Waals surface area contributed by atoms with E-state index in [0.717, 1.165) is 19.3 Å². The van der Waals surface area contributed by atoms with Crippen molar-refractivity contribution in [1.82, 2.24) is 0 Å². The van der Waals surface area contributed by atoms with Gasteiger partial charge in [0.05, 0.1) is 12.2 Å². The van der Waals surface area contributed by atoms with E-state index < -0.39 is 8.32 Å². The van der Waals surface area contributed by atoms with Gasteiger partial charge in [-0.3, -0.25) is 0 Å². The molecule has 1 aromatic carbocycles. The lowest BCUT2D eigenvalue weighted by Gasteiger charge is -2.38. The van der Waals surface area contributed by atoms with Crippen LogP contribution in [0, 0.1) is 11.3 Å². The van der Waals surface area contributed by atoms with Crippen molar-refractivity contribution in [2.24, 2.45) is 11.3 Å². The van der Waals surface area contributed by atoms with Crippen LogP contribution in [0.5, 0.6) is 0 Å². The molecule has 0 spiro atoms. The predicted octanol–water partition coefficient (Wildman–Crippen LogP) is 5.42. The summed E-state index contributed by atoms with van der Waals surface area (Å²) in [5.41, 5.74) is 1.25. The van der Waals surface area contributed by atoms with Gasteiger partial charge in [-0.2, -0.15) is 0 Å². The molecule has 24 heavy (non-hydrogen) atoms. The maximum absolute atomic E-state index is 11.0. The van der Waals surface area contributed by atoms with Crippen molar-refractivity contribution in [1.29, 1.82) is 0 Å². The summed E-state index contributed by atoms with van der Waals surface area (Å²) in [6, 6.07) is 10.5. The topological polar surface area (TPSA) is 29.5 Å². The molecule has 1 saturated carbocycles. The Morgan fingerprint density at radius 2 is 1.79 bits per heavy atom. The minimum Gasteiger partial charge on any atom is -0.413 e. The Bertz CT molecular complexity index is 533. The number of rotatable bonds is 7. The molecule has 0 amide bonds. The Balaban J connectivity index is 2.02. The quantitative estimate of drug-likeness (QED) is 0.667. The highest BCUT2D eigenvalue weighted by Gasteiger charge is 2.63. The summed E-state index contributed by atoms with van der Waals surface area (Å²) >= 11 is 0. The van der Waals surface area contributed by atoms with E-state index in [2.05, 4.69) is 72.0 Å². The van der Waals surface area contributed by atoms with E-state index in [0.29, 0.717) is 5.92 Å². The van der Waals surface area contributed by atoms with Gasteiger partial charge in [0.2, 0.25) is 0 Å². The molecule has 2 rings (SSSR count). The van der Waals surface area contributed by atoms with Crippen molar-refractivity contribution < 1.29 is 9.53 Å². The highest BCUT2D eigenvalue weighted by molar-refractivity contribution is 6.74. The lowest BCUT2D eigenvalue weighted by atomic mass is 9.83. The van der Waals surface area contributed by atoms with E-state index >= 15 is 0 Å². The molecule has 3 atom stereocenters. The van der Waals surface area contributed by atoms with Crippen molar-refractivity contribution >= 4 is 8.32 Å². The summed E-state index contributed by atoms with van der Waals surface area (Å²) in [4.78, 5) is 0. The average Bonchev–Trinajstić information content (AvgIpc) is 3.19. The van der Waals surface area contributed by atoms with Crippen LogP contribution in [-0.4, -0.2) is 25.6 Å². The molecule has 0 unspecified atom stereocenters. The normalized spacial score (nSPS) is 25.8. The number of aryl methyl sites for hydroxylation is 1. The fourth-order valence-corrected chi connectivity index (χ4v) is 4.87. The van der Waals surface area contributed by atoms with E-state index in [1.165, 1.54) is 5.56 Å². The summed E-state index contributed by atoms with van der Waals surface area (Å²) in [6.45, 7) is 15.9. The molecule has 1 aliphatic carbocycles. The fourth-order valence-electron chi connectivity index (χ4n) is 3.51. The third kappa shape index (κ3) is 3.95. The van der Waals surface area contributed by atoms with E-state index in [4.69, 9.17) is 4.43 Å². The highest BCUT2D eigenvalue weighted by atomic mass is 28.4. The number of hydrogen-bond acceptors (Lipinski definition) is 2. The Hall–Kier alpha value is -0.643. The maximum atomic E-state index is 11.0. The van der Waals surface area contributed by atoms with Gasteiger partial charge < -0.3 is 9.53 Å². The van der Waals surface area contributed by atoms with Crippen LogP contribution in [0.2, 0.25) is 18.1 Å². The van der Waals surface area contributed by atoms with Crippen LogP contribution in [0.1, 0.15) is 53.0 Å². The first-order valence-electron chi connectivity index (χ1n) is 9.40. The molecule has 1 aromatic rings. The van der Waals surface area contributed by atoms with E-state index in [1.54, 1.807) is 0 Å². The Kier molecular flexibility index (Phi) is 5.68. The van der Waals surface area contributed by atoms with Crippen LogP contribution in [-0.2, 0) is 10.8 Å². The summed E-state index contributed by atoms with van der Waals surface area (Å²) in [5.74, 6) is 0.443. The number of aliphatic hydroxyl groups is 1. The standard InChI is InChI=1S/C21H36O2Si/c1-16(2)21(15-19(21)23-24(6,7)20(3,4)5)18(22)14-13-17-11-9-8-10-12-17/h8-12,16,18-19,22H,13-15H2,1-7H3/t18-,19-,21+/m1/s1. The second kappa shape index (κ2) is 6.93. The van der Waals surface area contributed by atoms with Crippen molar-refractivity contribution in [3.63, 3.8) is 0 Å². The summed E-state index contributed by atoms with van der Waals surface area (Å²) in [7, 11) is -1.78. The third-order valence-electron chi connectivity index (χ3n) is 6.47. The molecule has 1 fully saturated rings. The zero-order chi connectivity index (χ0) is 18.2. The van der Waals surface area contributed by atoms with Crippen molar-refractivity contribution in [3.05, 3.63) is 35.9 Å². The molecule has 0 radical (unpaired) electrons. The molecule has 0 bridgehead atoms. The average molecular weight is 349 g/mol. The highest BCUT2D eigenvalue weighted by Crippen LogP contribution is 2.59. The van der Waals surface area contributed by atoms with Crippen LogP contribution >= 0.6 is 0 Å². The summed E-state index contributed by atoms with van der Waals surface area (Å²) in [6.07, 6.45) is 2.70. The molecule has 1 N–H and O–H groups in total. The second-order valence-electron chi connectivity index (χ2n) is 9.38. The van der Waals surface area contributed by atoms with Crippen LogP contribution in [0.4, 0.5) is 0 Å². The molecular weight excluding hydrogens is 312 g/mol. The van der Waals surface area contributed by atoms with Crippen molar-refractivity contribution in [2.75, 3.05) is 0 Å². The van der Waals surface area contributed by atoms with Gasteiger partial charge in [0.15, 0.2) is 8.32 Å². The Labute approximate surface area is 149 Å². The number of benzene rings is 1. The van der Waals surface area contributed by atoms with Gasteiger partial charge in [0, 0.05) is 5.41 Å². The molecule has 136 valence electrons. The first kappa shape index (κ1) is 19.7. The molecule has 1 aliphatic rings. The van der Waals surface area contributed by atoms with Gasteiger partial charge in [0.25, 0.3) is 0 Å². The molecule has 0 aliphatic heterocycles. The minimum absolute atomic E-state index is 0.0513. The van der Waals surface area contributed by atoms with Gasteiger partial charge in [-0.25, -0.2) is 0 Å². The first-order valence-corrected chi connectivity index (χ1v) is 12.3. The zero-order valence-corrected chi connectivity index (χ0v) is 17.6. The summed E-state index contributed by atoms with van der Waals surface area (Å²) in [5, 5.41) is 11.2. The van der Waals surface area contributed by atoms with Gasteiger partial charge in [-0.1, -0.05) is 65.0 Å². The Morgan fingerprint density at radius 3 is 2.29 bits per heavy atom. The predicted molar refractivity (Wildman–Crippen MR) is 105 cm³/mol. The molecule has 0 saturated heterocycles. The van der Waals surface area contributed by atoms with Crippen LogP contribution in [0.15, 0.2) is 30.3 Å². The molecular formula is C21H36O2Si. The molecule has 3 heteroatoms. The number of hydrogen-bond donors (Lipinski definition) is 1. The molecule has 2 nitrogen and oxygen atoms in total. The van der Waals surface area contributed by atoms with Crippen LogP contribution in [0.25, 0.3) is 0 Å². The fraction of sp³-hybridized carbons (Fsp3) is 0.714. The van der Waals surface area contributed by atoms with Crippen molar-refractivity contribution in [2.45, 2.75) is 84.2 Å². The van der Waals surface area contributed by atoms with Crippen LogP contribution < -0.4 is 0 Å². The van der Waals surface area contributed by atoms with E-state index in [1.807, 2.05) is 6.07 Å². The summed E-state index contributed by atoms with van der Waals surface area (Å²) < 4.78 is 6.64. The Morgan fingerprint density at radius 1 is 1.21 bits per heavy atom. The smallest absolute Gasteiger partial charge is 0.192 e. The SMILES string of the molecule is CC(C)[C@]1([C@H](O)CCc2ccccc2)C[C@H]1O[Si](C)(C)C(C)(C)C. The third-order valence-corrected chi connectivity index (χ3v) is 11.0. The largest absolute Gasteiger partial charge is 0.413 e. The van der Waals surface area contributed by atoms with Crippen LogP contribution in [0.3, 0.4) is 0 Å². The lowest BCUT2D eigenvalue weighted by molar-refractivity contribution is 0.0279. The lowest BCUT2D eigenvalue weighted by Crippen LogP contribution is -2.44. The minimum atomic E-state index is -1.78. The van der Waals surface area contributed by atoms with Gasteiger partial charge in [-0.15, -0.1) is 0 Å². The maximum Gasteiger partial charge on any atom is 0.192 e. The van der Waals surface area contributed by atoms with E-state index in [-0.39, 0.29) is 22.7 Å². The molecule has 0 aromatic heterocycles. The van der Waals surface area contributed by atoms with E-state index in [9.17, 15) is 5.11 Å². The van der Waals surface area contributed by atoms with Crippen molar-refractivity contribution in [3.8, 4) is 0 Å². The number of aliphatic hydroxyl groups excluding tert-OH is 1. The van der Waals surface area contributed by atoms with Gasteiger partial charge in [-0.05, 0) is 48.9 Å². The monoisotopic (exact) mass is 348 g/mol. The molecule has 0 heterocycles. The van der Waals surface area contributed by atoms with Gasteiger partial charge in [0.1, 0.15) is 0 Å². The first-order chi connectivity index (χ1) is 11.0.